The van der Waals surface area contributed by atoms with Gasteiger partial charge in [-0.15, -0.1) is 0 Å². The van der Waals surface area contributed by atoms with Gasteiger partial charge in [-0.25, -0.2) is 0 Å². The lowest BCUT2D eigenvalue weighted by atomic mass is 9.87. The Morgan fingerprint density at radius 1 is 1.38 bits per heavy atom. The molecular formula is C11H23NS. The average molecular weight is 201 g/mol. The lowest BCUT2D eigenvalue weighted by molar-refractivity contribution is 0.300. The molecule has 1 fully saturated rings. The molecule has 1 rings (SSSR count). The normalized spacial score (nSPS) is 32.8. The molecule has 78 valence electrons. The Balaban J connectivity index is 2.58. The number of rotatable bonds is 3. The number of hydrogen-bond donors (Lipinski definition) is 1. The Morgan fingerprint density at radius 3 is 2.46 bits per heavy atom. The third-order valence-electron chi connectivity index (χ3n) is 3.04. The summed E-state index contributed by atoms with van der Waals surface area (Å²) in [4.78, 5) is 0. The molecule has 1 saturated carbocycles. The molecule has 2 heteroatoms. The van der Waals surface area contributed by atoms with Crippen molar-refractivity contribution in [1.82, 2.24) is 5.32 Å². The van der Waals surface area contributed by atoms with Gasteiger partial charge in [0.1, 0.15) is 0 Å². The Morgan fingerprint density at radius 2 is 2.00 bits per heavy atom. The highest BCUT2D eigenvalue weighted by Gasteiger charge is 2.41. The van der Waals surface area contributed by atoms with E-state index in [1.807, 2.05) is 0 Å². The summed E-state index contributed by atoms with van der Waals surface area (Å²) in [6.45, 7) is 9.36. The van der Waals surface area contributed by atoms with Gasteiger partial charge in [-0.2, -0.15) is 11.8 Å². The Bertz CT molecular complexity index is 165. The van der Waals surface area contributed by atoms with E-state index in [9.17, 15) is 0 Å². The summed E-state index contributed by atoms with van der Waals surface area (Å²) in [7, 11) is 2.10. The van der Waals surface area contributed by atoms with Crippen molar-refractivity contribution in [2.45, 2.75) is 57.1 Å². The van der Waals surface area contributed by atoms with E-state index in [1.54, 1.807) is 0 Å². The van der Waals surface area contributed by atoms with E-state index >= 15 is 0 Å². The maximum Gasteiger partial charge on any atom is 0.0234 e. The van der Waals surface area contributed by atoms with Crippen molar-refractivity contribution in [1.29, 1.82) is 0 Å². The van der Waals surface area contributed by atoms with Crippen LogP contribution in [0.25, 0.3) is 0 Å². The van der Waals surface area contributed by atoms with Crippen molar-refractivity contribution in [3.63, 3.8) is 0 Å². The zero-order chi connectivity index (χ0) is 10.1. The van der Waals surface area contributed by atoms with E-state index in [0.29, 0.717) is 11.5 Å². The van der Waals surface area contributed by atoms with Crippen LogP contribution in [-0.2, 0) is 0 Å². The second-order valence-electron chi connectivity index (χ2n) is 5.02. The summed E-state index contributed by atoms with van der Waals surface area (Å²) in [6, 6.07) is 0.694. The SMILES string of the molecule is CNC1C(SC(C)C)CCC1(C)C. The van der Waals surface area contributed by atoms with E-state index in [1.165, 1.54) is 12.8 Å². The highest BCUT2D eigenvalue weighted by Crippen LogP contribution is 2.43. The lowest BCUT2D eigenvalue weighted by Gasteiger charge is -2.30. The van der Waals surface area contributed by atoms with Crippen LogP contribution in [0.15, 0.2) is 0 Å². The number of hydrogen-bond acceptors (Lipinski definition) is 2. The van der Waals surface area contributed by atoms with E-state index in [0.717, 1.165) is 10.5 Å². The van der Waals surface area contributed by atoms with E-state index in [-0.39, 0.29) is 0 Å². The fraction of sp³-hybridized carbons (Fsp3) is 1.00. The molecule has 2 atom stereocenters. The van der Waals surface area contributed by atoms with Crippen molar-refractivity contribution in [2.75, 3.05) is 7.05 Å². The van der Waals surface area contributed by atoms with Gasteiger partial charge in [-0.1, -0.05) is 27.7 Å². The standard InChI is InChI=1S/C11H23NS/c1-8(2)13-9-6-7-11(3,4)10(9)12-5/h8-10,12H,6-7H2,1-5H3. The first-order valence-electron chi connectivity index (χ1n) is 5.30. The molecule has 2 unspecified atom stereocenters. The van der Waals surface area contributed by atoms with Crippen molar-refractivity contribution < 1.29 is 0 Å². The molecular weight excluding hydrogens is 178 g/mol. The Kier molecular flexibility index (Phi) is 3.70. The summed E-state index contributed by atoms with van der Waals surface area (Å²) in [5.41, 5.74) is 0.487. The highest BCUT2D eigenvalue weighted by molar-refractivity contribution is 8.00. The molecule has 1 nitrogen and oxygen atoms in total. The van der Waals surface area contributed by atoms with Gasteiger partial charge in [0.05, 0.1) is 0 Å². The Labute approximate surface area is 87.1 Å². The zero-order valence-corrected chi connectivity index (χ0v) is 10.4. The lowest BCUT2D eigenvalue weighted by Crippen LogP contribution is -2.41. The third kappa shape index (κ3) is 2.63. The van der Waals surface area contributed by atoms with E-state index < -0.39 is 0 Å². The smallest absolute Gasteiger partial charge is 0.0234 e. The Hall–Kier alpha value is 0.310. The van der Waals surface area contributed by atoms with E-state index in [2.05, 4.69) is 51.8 Å². The van der Waals surface area contributed by atoms with Crippen molar-refractivity contribution in [3.8, 4) is 0 Å². The van der Waals surface area contributed by atoms with Gasteiger partial charge in [-0.3, -0.25) is 0 Å². The highest BCUT2D eigenvalue weighted by atomic mass is 32.2. The van der Waals surface area contributed by atoms with Crippen LogP contribution in [0.4, 0.5) is 0 Å². The van der Waals surface area contributed by atoms with Gasteiger partial charge in [0.2, 0.25) is 0 Å². The second kappa shape index (κ2) is 4.22. The summed E-state index contributed by atoms with van der Waals surface area (Å²) in [5.74, 6) is 0. The fourth-order valence-electron chi connectivity index (χ4n) is 2.41. The van der Waals surface area contributed by atoms with Crippen LogP contribution in [0.2, 0.25) is 0 Å². The molecule has 0 aromatic rings. The quantitative estimate of drug-likeness (QED) is 0.753. The number of thioether (sulfide) groups is 1. The van der Waals surface area contributed by atoms with Crippen LogP contribution in [0, 0.1) is 5.41 Å². The van der Waals surface area contributed by atoms with Crippen LogP contribution >= 0.6 is 11.8 Å². The molecule has 1 aliphatic rings. The van der Waals surface area contributed by atoms with Crippen molar-refractivity contribution in [3.05, 3.63) is 0 Å². The summed E-state index contributed by atoms with van der Waals surface area (Å²) in [5, 5.41) is 5.07. The topological polar surface area (TPSA) is 12.0 Å². The van der Waals surface area contributed by atoms with Crippen molar-refractivity contribution in [2.24, 2.45) is 5.41 Å². The van der Waals surface area contributed by atoms with Crippen LogP contribution in [-0.4, -0.2) is 23.6 Å². The second-order valence-corrected chi connectivity index (χ2v) is 6.84. The van der Waals surface area contributed by atoms with Crippen LogP contribution in [0.3, 0.4) is 0 Å². The minimum Gasteiger partial charge on any atom is -0.315 e. The van der Waals surface area contributed by atoms with E-state index in [4.69, 9.17) is 0 Å². The van der Waals surface area contributed by atoms with Crippen LogP contribution in [0.5, 0.6) is 0 Å². The molecule has 1 N–H and O–H groups in total. The molecule has 0 bridgehead atoms. The predicted molar refractivity (Wildman–Crippen MR) is 62.4 cm³/mol. The molecule has 0 heterocycles. The monoisotopic (exact) mass is 201 g/mol. The summed E-state index contributed by atoms with van der Waals surface area (Å²) >= 11 is 2.13. The van der Waals surface area contributed by atoms with Crippen LogP contribution in [0.1, 0.15) is 40.5 Å². The molecule has 0 aromatic carbocycles. The third-order valence-corrected chi connectivity index (χ3v) is 4.45. The van der Waals surface area contributed by atoms with Gasteiger partial charge in [0, 0.05) is 11.3 Å². The van der Waals surface area contributed by atoms with Gasteiger partial charge in [0.25, 0.3) is 0 Å². The molecule has 1 aliphatic carbocycles. The van der Waals surface area contributed by atoms with Crippen LogP contribution < -0.4 is 5.32 Å². The van der Waals surface area contributed by atoms with Gasteiger partial charge in [0.15, 0.2) is 0 Å². The average Bonchev–Trinajstić information content (AvgIpc) is 2.25. The fourth-order valence-corrected chi connectivity index (χ4v) is 4.03. The van der Waals surface area contributed by atoms with Crippen molar-refractivity contribution >= 4 is 11.8 Å². The first-order chi connectivity index (χ1) is 5.97. The molecule has 0 amide bonds. The first-order valence-corrected chi connectivity index (χ1v) is 6.24. The van der Waals surface area contributed by atoms with Gasteiger partial charge >= 0.3 is 0 Å². The molecule has 13 heavy (non-hydrogen) atoms. The summed E-state index contributed by atoms with van der Waals surface area (Å²) < 4.78 is 0. The maximum absolute atomic E-state index is 3.49. The minimum absolute atomic E-state index is 0.487. The molecule has 0 aromatic heterocycles. The molecule has 0 saturated heterocycles. The first kappa shape index (κ1) is 11.4. The predicted octanol–water partition coefficient (Wildman–Crippen LogP) is 2.90. The van der Waals surface area contributed by atoms with Gasteiger partial charge < -0.3 is 5.32 Å². The molecule has 0 radical (unpaired) electrons. The maximum atomic E-state index is 3.49. The van der Waals surface area contributed by atoms with Gasteiger partial charge in [-0.05, 0) is 30.6 Å². The zero-order valence-electron chi connectivity index (χ0n) is 9.55. The largest absolute Gasteiger partial charge is 0.315 e. The summed E-state index contributed by atoms with van der Waals surface area (Å²) in [6.07, 6.45) is 2.74. The minimum atomic E-state index is 0.487. The molecule has 0 spiro atoms. The number of nitrogens with one attached hydrogen (secondary N) is 1. The molecule has 0 aliphatic heterocycles.